The number of nitrogens with one attached hydrogen (secondary N) is 1. The lowest BCUT2D eigenvalue weighted by molar-refractivity contribution is 0.0927. The van der Waals surface area contributed by atoms with Crippen LogP contribution in [0.1, 0.15) is 31.4 Å². The lowest BCUT2D eigenvalue weighted by Gasteiger charge is -2.33. The maximum Gasteiger partial charge on any atom is 0.409 e. The van der Waals surface area contributed by atoms with Gasteiger partial charge in [-0.1, -0.05) is 18.2 Å². The summed E-state index contributed by atoms with van der Waals surface area (Å²) in [5.41, 5.74) is 0.470. The minimum Gasteiger partial charge on any atom is -0.450 e. The molecule has 2 N–H and O–H groups in total. The SMILES string of the molecule is CCOC(=O)N1CCC(N[C@@H](CO)c2ccccc2F)CC1. The summed E-state index contributed by atoms with van der Waals surface area (Å²) in [6.45, 7) is 3.19. The van der Waals surface area contributed by atoms with Gasteiger partial charge >= 0.3 is 6.09 Å². The zero-order chi connectivity index (χ0) is 15.9. The van der Waals surface area contributed by atoms with Gasteiger partial charge in [0.2, 0.25) is 0 Å². The number of halogens is 1. The maximum atomic E-state index is 13.8. The molecule has 1 aromatic rings. The van der Waals surface area contributed by atoms with Crippen molar-refractivity contribution in [2.75, 3.05) is 26.3 Å². The highest BCUT2D eigenvalue weighted by molar-refractivity contribution is 5.67. The number of aliphatic hydroxyl groups is 1. The topological polar surface area (TPSA) is 61.8 Å². The van der Waals surface area contributed by atoms with Crippen molar-refractivity contribution in [3.05, 3.63) is 35.6 Å². The molecule has 1 aliphatic heterocycles. The number of carbonyl (C=O) groups excluding carboxylic acids is 1. The predicted octanol–water partition coefficient (Wildman–Crippen LogP) is 2.07. The van der Waals surface area contributed by atoms with E-state index in [1.54, 1.807) is 30.0 Å². The first kappa shape index (κ1) is 16.7. The van der Waals surface area contributed by atoms with Crippen LogP contribution in [-0.4, -0.2) is 48.4 Å². The van der Waals surface area contributed by atoms with E-state index < -0.39 is 6.04 Å². The summed E-state index contributed by atoms with van der Waals surface area (Å²) in [4.78, 5) is 13.3. The fourth-order valence-electron chi connectivity index (χ4n) is 2.73. The quantitative estimate of drug-likeness (QED) is 0.874. The molecule has 1 atom stereocenters. The molecule has 6 heteroatoms. The third kappa shape index (κ3) is 4.18. The van der Waals surface area contributed by atoms with Gasteiger partial charge in [0.05, 0.1) is 19.3 Å². The zero-order valence-electron chi connectivity index (χ0n) is 12.8. The second-order valence-corrected chi connectivity index (χ2v) is 5.38. The van der Waals surface area contributed by atoms with Gasteiger partial charge in [-0.15, -0.1) is 0 Å². The Hall–Kier alpha value is -1.66. The fourth-order valence-corrected chi connectivity index (χ4v) is 2.73. The van der Waals surface area contributed by atoms with Crippen molar-refractivity contribution in [2.45, 2.75) is 31.8 Å². The first-order valence-corrected chi connectivity index (χ1v) is 7.68. The van der Waals surface area contributed by atoms with Crippen molar-refractivity contribution < 1.29 is 19.0 Å². The molecule has 1 saturated heterocycles. The first-order chi connectivity index (χ1) is 10.7. The highest BCUT2D eigenvalue weighted by Crippen LogP contribution is 2.20. The van der Waals surface area contributed by atoms with Crippen molar-refractivity contribution in [2.24, 2.45) is 0 Å². The average Bonchev–Trinajstić information content (AvgIpc) is 2.54. The number of piperidine rings is 1. The van der Waals surface area contributed by atoms with Gasteiger partial charge in [0.15, 0.2) is 0 Å². The van der Waals surface area contributed by atoms with Gasteiger partial charge < -0.3 is 20.1 Å². The van der Waals surface area contributed by atoms with Crippen molar-refractivity contribution in [1.82, 2.24) is 10.2 Å². The number of carbonyl (C=O) groups is 1. The molecule has 1 aliphatic rings. The minimum absolute atomic E-state index is 0.141. The van der Waals surface area contributed by atoms with E-state index in [4.69, 9.17) is 4.74 Å². The van der Waals surface area contributed by atoms with E-state index in [-0.39, 0.29) is 24.6 Å². The number of hydrogen-bond acceptors (Lipinski definition) is 4. The molecule has 1 fully saturated rings. The van der Waals surface area contributed by atoms with Gasteiger partial charge in [-0.05, 0) is 25.8 Å². The van der Waals surface area contributed by atoms with Crippen LogP contribution in [0.25, 0.3) is 0 Å². The molecule has 0 unspecified atom stereocenters. The van der Waals surface area contributed by atoms with Gasteiger partial charge in [-0.3, -0.25) is 0 Å². The summed E-state index contributed by atoms with van der Waals surface area (Å²) in [6.07, 6.45) is 1.22. The molecule has 1 amide bonds. The molecular weight excluding hydrogens is 287 g/mol. The number of benzene rings is 1. The first-order valence-electron chi connectivity index (χ1n) is 7.68. The summed E-state index contributed by atoms with van der Waals surface area (Å²) < 4.78 is 18.8. The highest BCUT2D eigenvalue weighted by atomic mass is 19.1. The Morgan fingerprint density at radius 2 is 2.14 bits per heavy atom. The molecule has 0 radical (unpaired) electrons. The van der Waals surface area contributed by atoms with Crippen LogP contribution in [0.5, 0.6) is 0 Å². The second kappa shape index (κ2) is 8.10. The van der Waals surface area contributed by atoms with E-state index in [9.17, 15) is 14.3 Å². The standard InChI is InChI=1S/C16H23FN2O3/c1-2-22-16(21)19-9-7-12(8-10-19)18-15(11-20)13-5-3-4-6-14(13)17/h3-6,12,15,18,20H,2,7-11H2,1H3/t15-/m0/s1. The lowest BCUT2D eigenvalue weighted by atomic mass is 10.0. The van der Waals surface area contributed by atoms with Crippen molar-refractivity contribution >= 4 is 6.09 Å². The molecule has 0 bridgehead atoms. The number of amides is 1. The number of ether oxygens (including phenoxy) is 1. The monoisotopic (exact) mass is 310 g/mol. The van der Waals surface area contributed by atoms with E-state index >= 15 is 0 Å². The lowest BCUT2D eigenvalue weighted by Crippen LogP contribution is -2.46. The van der Waals surface area contributed by atoms with Crippen LogP contribution < -0.4 is 5.32 Å². The third-order valence-electron chi connectivity index (χ3n) is 3.92. The summed E-state index contributed by atoms with van der Waals surface area (Å²) in [5, 5.41) is 12.8. The van der Waals surface area contributed by atoms with E-state index in [2.05, 4.69) is 5.32 Å². The smallest absolute Gasteiger partial charge is 0.409 e. The zero-order valence-corrected chi connectivity index (χ0v) is 12.8. The number of nitrogens with zero attached hydrogens (tertiary/aromatic N) is 1. The van der Waals surface area contributed by atoms with E-state index in [1.165, 1.54) is 6.07 Å². The van der Waals surface area contributed by atoms with Gasteiger partial charge in [-0.2, -0.15) is 0 Å². The molecule has 0 aliphatic carbocycles. The summed E-state index contributed by atoms with van der Waals surface area (Å²) in [5.74, 6) is -0.321. The number of rotatable bonds is 5. The van der Waals surface area contributed by atoms with Crippen molar-refractivity contribution in [1.29, 1.82) is 0 Å². The summed E-state index contributed by atoms with van der Waals surface area (Å²) in [7, 11) is 0. The normalized spacial score (nSPS) is 17.3. The Kier molecular flexibility index (Phi) is 6.15. The molecule has 0 aromatic heterocycles. The van der Waals surface area contributed by atoms with Gasteiger partial charge in [-0.25, -0.2) is 9.18 Å². The molecular formula is C16H23FN2O3. The number of hydrogen-bond donors (Lipinski definition) is 2. The Labute approximate surface area is 130 Å². The molecule has 5 nitrogen and oxygen atoms in total. The minimum atomic E-state index is -0.430. The largest absolute Gasteiger partial charge is 0.450 e. The van der Waals surface area contributed by atoms with Crippen LogP contribution in [0.15, 0.2) is 24.3 Å². The van der Waals surface area contributed by atoms with Crippen LogP contribution in [0, 0.1) is 5.82 Å². The van der Waals surface area contributed by atoms with E-state index in [0.29, 0.717) is 25.3 Å². The van der Waals surface area contributed by atoms with Gasteiger partial charge in [0.25, 0.3) is 0 Å². The van der Waals surface area contributed by atoms with Crippen LogP contribution in [0.3, 0.4) is 0 Å². The molecule has 0 saturated carbocycles. The molecule has 122 valence electrons. The Balaban J connectivity index is 1.89. The summed E-state index contributed by atoms with van der Waals surface area (Å²) in [6, 6.07) is 6.17. The number of likely N-dealkylation sites (tertiary alicyclic amines) is 1. The molecule has 0 spiro atoms. The molecule has 2 rings (SSSR count). The van der Waals surface area contributed by atoms with Gasteiger partial charge in [0, 0.05) is 24.7 Å². The molecule has 1 heterocycles. The van der Waals surface area contributed by atoms with E-state index in [0.717, 1.165) is 12.8 Å². The Bertz CT molecular complexity index is 490. The average molecular weight is 310 g/mol. The van der Waals surface area contributed by atoms with Crippen LogP contribution in [-0.2, 0) is 4.74 Å². The van der Waals surface area contributed by atoms with Crippen LogP contribution in [0.2, 0.25) is 0 Å². The summed E-state index contributed by atoms with van der Waals surface area (Å²) >= 11 is 0. The van der Waals surface area contributed by atoms with Crippen LogP contribution >= 0.6 is 0 Å². The van der Waals surface area contributed by atoms with Crippen molar-refractivity contribution in [3.63, 3.8) is 0 Å². The number of aliphatic hydroxyl groups excluding tert-OH is 1. The highest BCUT2D eigenvalue weighted by Gasteiger charge is 2.26. The Morgan fingerprint density at radius 1 is 1.45 bits per heavy atom. The predicted molar refractivity (Wildman–Crippen MR) is 81.0 cm³/mol. The van der Waals surface area contributed by atoms with Crippen molar-refractivity contribution in [3.8, 4) is 0 Å². The third-order valence-corrected chi connectivity index (χ3v) is 3.92. The van der Waals surface area contributed by atoms with Crippen LogP contribution in [0.4, 0.5) is 9.18 Å². The van der Waals surface area contributed by atoms with Gasteiger partial charge in [0.1, 0.15) is 5.82 Å². The Morgan fingerprint density at radius 3 is 2.73 bits per heavy atom. The second-order valence-electron chi connectivity index (χ2n) is 5.38. The maximum absolute atomic E-state index is 13.8. The molecule has 22 heavy (non-hydrogen) atoms. The van der Waals surface area contributed by atoms with E-state index in [1.807, 2.05) is 0 Å². The molecule has 1 aromatic carbocycles. The fraction of sp³-hybridized carbons (Fsp3) is 0.562.